The van der Waals surface area contributed by atoms with E-state index in [2.05, 4.69) is 4.98 Å². The van der Waals surface area contributed by atoms with E-state index in [1.165, 1.54) is 0 Å². The van der Waals surface area contributed by atoms with Gasteiger partial charge in [0.15, 0.2) is 5.76 Å². The second-order valence-corrected chi connectivity index (χ2v) is 6.63. The Bertz CT molecular complexity index is 576. The Morgan fingerprint density at radius 1 is 1.55 bits per heavy atom. The van der Waals surface area contributed by atoms with Crippen molar-refractivity contribution in [3.05, 3.63) is 40.2 Å². The van der Waals surface area contributed by atoms with Crippen LogP contribution in [0.2, 0.25) is 0 Å². The molecule has 1 aliphatic carbocycles. The van der Waals surface area contributed by atoms with Crippen LogP contribution < -0.4 is 0 Å². The number of furan rings is 1. The zero-order valence-corrected chi connectivity index (χ0v) is 12.9. The zero-order chi connectivity index (χ0) is 13.9. The summed E-state index contributed by atoms with van der Waals surface area (Å²) >= 11 is 3.27. The molecule has 0 unspecified atom stereocenters. The molecule has 0 atom stereocenters. The van der Waals surface area contributed by atoms with Gasteiger partial charge in [-0.2, -0.15) is 11.8 Å². The van der Waals surface area contributed by atoms with Crippen molar-refractivity contribution in [1.29, 1.82) is 0 Å². The minimum atomic E-state index is -0.0185. The molecule has 0 radical (unpaired) electrons. The second kappa shape index (κ2) is 6.01. The normalized spacial score (nSPS) is 14.4. The summed E-state index contributed by atoms with van der Waals surface area (Å²) < 4.78 is 5.63. The fourth-order valence-corrected chi connectivity index (χ4v) is 3.14. The smallest absolute Gasteiger partial charge is 0.290 e. The summed E-state index contributed by atoms with van der Waals surface area (Å²) in [5, 5.41) is 2.91. The van der Waals surface area contributed by atoms with Crippen molar-refractivity contribution < 1.29 is 9.21 Å². The average Bonchev–Trinajstić information content (AvgIpc) is 2.97. The van der Waals surface area contributed by atoms with Crippen LogP contribution in [0.4, 0.5) is 0 Å². The molecule has 6 heteroatoms. The quantitative estimate of drug-likeness (QED) is 0.820. The van der Waals surface area contributed by atoms with Gasteiger partial charge in [-0.25, -0.2) is 4.98 Å². The number of carbonyl (C=O) groups excluding carboxylic acids is 1. The molecule has 3 rings (SSSR count). The van der Waals surface area contributed by atoms with Crippen molar-refractivity contribution in [2.45, 2.75) is 31.2 Å². The summed E-state index contributed by atoms with van der Waals surface area (Å²) in [7, 11) is 0. The minimum absolute atomic E-state index is 0.0185. The molecule has 2 aromatic rings. The summed E-state index contributed by atoms with van der Waals surface area (Å²) in [6.07, 6.45) is 5.95. The predicted molar refractivity (Wildman–Crippen MR) is 80.9 cm³/mol. The molecule has 1 amide bonds. The van der Waals surface area contributed by atoms with E-state index in [9.17, 15) is 4.79 Å². The molecule has 0 spiro atoms. The van der Waals surface area contributed by atoms with Crippen LogP contribution >= 0.6 is 23.1 Å². The maximum absolute atomic E-state index is 12.6. The largest absolute Gasteiger partial charge is 0.455 e. The zero-order valence-electron chi connectivity index (χ0n) is 11.2. The van der Waals surface area contributed by atoms with Crippen molar-refractivity contribution in [1.82, 2.24) is 9.88 Å². The maximum atomic E-state index is 12.6. The van der Waals surface area contributed by atoms with Crippen LogP contribution in [0.25, 0.3) is 0 Å². The standard InChI is InChI=1S/C14H16N2O2S2/c1-19-9-11-4-5-12(18-11)14(17)16(10-2-3-10)8-13-15-6-7-20-13/h4-7,10H,2-3,8-9H2,1H3. The first kappa shape index (κ1) is 13.7. The van der Waals surface area contributed by atoms with Crippen LogP contribution in [0.5, 0.6) is 0 Å². The van der Waals surface area contributed by atoms with Gasteiger partial charge in [0.1, 0.15) is 10.8 Å². The van der Waals surface area contributed by atoms with Crippen molar-refractivity contribution in [2.75, 3.05) is 6.26 Å². The first-order valence-electron chi connectivity index (χ1n) is 6.55. The van der Waals surface area contributed by atoms with Crippen LogP contribution in [-0.4, -0.2) is 28.1 Å². The van der Waals surface area contributed by atoms with Gasteiger partial charge in [0, 0.05) is 17.6 Å². The summed E-state index contributed by atoms with van der Waals surface area (Å²) in [4.78, 5) is 18.7. The molecule has 0 N–H and O–H groups in total. The first-order valence-corrected chi connectivity index (χ1v) is 8.82. The van der Waals surface area contributed by atoms with Gasteiger partial charge >= 0.3 is 0 Å². The molecule has 2 aromatic heterocycles. The summed E-state index contributed by atoms with van der Waals surface area (Å²) in [6, 6.07) is 4.02. The Morgan fingerprint density at radius 2 is 2.40 bits per heavy atom. The van der Waals surface area contributed by atoms with Gasteiger partial charge in [0.2, 0.25) is 0 Å². The number of thioether (sulfide) groups is 1. The summed E-state index contributed by atoms with van der Waals surface area (Å²) in [5.41, 5.74) is 0. The lowest BCUT2D eigenvalue weighted by molar-refractivity contribution is 0.0696. The highest BCUT2D eigenvalue weighted by atomic mass is 32.2. The lowest BCUT2D eigenvalue weighted by Gasteiger charge is -2.19. The molecule has 0 aliphatic heterocycles. The third-order valence-electron chi connectivity index (χ3n) is 3.20. The monoisotopic (exact) mass is 308 g/mol. The Morgan fingerprint density at radius 3 is 3.05 bits per heavy atom. The van der Waals surface area contributed by atoms with Gasteiger partial charge in [0.05, 0.1) is 12.3 Å². The number of rotatable bonds is 6. The van der Waals surface area contributed by atoms with Crippen molar-refractivity contribution in [3.63, 3.8) is 0 Å². The number of hydrogen-bond acceptors (Lipinski definition) is 5. The van der Waals surface area contributed by atoms with E-state index in [4.69, 9.17) is 4.42 Å². The molecule has 4 nitrogen and oxygen atoms in total. The molecule has 2 heterocycles. The van der Waals surface area contributed by atoms with Gasteiger partial charge < -0.3 is 9.32 Å². The van der Waals surface area contributed by atoms with Crippen LogP contribution in [0.3, 0.4) is 0 Å². The van der Waals surface area contributed by atoms with Crippen molar-refractivity contribution in [3.8, 4) is 0 Å². The van der Waals surface area contributed by atoms with E-state index >= 15 is 0 Å². The lowest BCUT2D eigenvalue weighted by Crippen LogP contribution is -2.32. The van der Waals surface area contributed by atoms with Crippen LogP contribution in [0.15, 0.2) is 28.1 Å². The Hall–Kier alpha value is -1.27. The molecule has 20 heavy (non-hydrogen) atoms. The predicted octanol–water partition coefficient (Wildman–Crippen LogP) is 3.40. The van der Waals surface area contributed by atoms with Gasteiger partial charge in [-0.1, -0.05) is 0 Å². The Balaban J connectivity index is 1.74. The topological polar surface area (TPSA) is 46.3 Å². The molecular formula is C14H16N2O2S2. The summed E-state index contributed by atoms with van der Waals surface area (Å²) in [5.74, 6) is 2.07. The van der Waals surface area contributed by atoms with E-state index in [0.717, 1.165) is 29.4 Å². The van der Waals surface area contributed by atoms with Crippen LogP contribution in [-0.2, 0) is 12.3 Å². The van der Waals surface area contributed by atoms with E-state index in [0.29, 0.717) is 18.3 Å². The third-order valence-corrected chi connectivity index (χ3v) is 4.53. The Kier molecular flexibility index (Phi) is 4.12. The molecule has 0 saturated heterocycles. The van der Waals surface area contributed by atoms with E-state index in [-0.39, 0.29) is 5.91 Å². The molecule has 1 saturated carbocycles. The average molecular weight is 308 g/mol. The molecule has 1 aliphatic rings. The molecule has 0 aromatic carbocycles. The van der Waals surface area contributed by atoms with Crippen molar-refractivity contribution in [2.24, 2.45) is 0 Å². The molecular weight excluding hydrogens is 292 g/mol. The second-order valence-electron chi connectivity index (χ2n) is 4.79. The van der Waals surface area contributed by atoms with E-state index in [1.807, 2.05) is 22.6 Å². The fourth-order valence-electron chi connectivity index (χ4n) is 2.08. The van der Waals surface area contributed by atoms with Gasteiger partial charge in [-0.3, -0.25) is 4.79 Å². The highest BCUT2D eigenvalue weighted by Crippen LogP contribution is 2.30. The summed E-state index contributed by atoms with van der Waals surface area (Å²) in [6.45, 7) is 0.583. The third kappa shape index (κ3) is 3.07. The number of amides is 1. The molecule has 1 fully saturated rings. The number of hydrogen-bond donors (Lipinski definition) is 0. The number of nitrogens with zero attached hydrogens (tertiary/aromatic N) is 2. The Labute approximate surface area is 126 Å². The maximum Gasteiger partial charge on any atom is 0.290 e. The van der Waals surface area contributed by atoms with Crippen LogP contribution in [0.1, 0.15) is 34.2 Å². The van der Waals surface area contributed by atoms with E-state index < -0.39 is 0 Å². The minimum Gasteiger partial charge on any atom is -0.455 e. The lowest BCUT2D eigenvalue weighted by atomic mass is 10.3. The fraction of sp³-hybridized carbons (Fsp3) is 0.429. The molecule has 106 valence electrons. The van der Waals surface area contributed by atoms with Crippen molar-refractivity contribution >= 4 is 29.0 Å². The van der Waals surface area contributed by atoms with Gasteiger partial charge in [-0.15, -0.1) is 11.3 Å². The molecule has 0 bridgehead atoms. The number of thiazole rings is 1. The van der Waals surface area contributed by atoms with Gasteiger partial charge in [0.25, 0.3) is 5.91 Å². The number of carbonyl (C=O) groups is 1. The highest BCUT2D eigenvalue weighted by Gasteiger charge is 2.34. The highest BCUT2D eigenvalue weighted by molar-refractivity contribution is 7.97. The van der Waals surface area contributed by atoms with E-state index in [1.54, 1.807) is 35.4 Å². The SMILES string of the molecule is CSCc1ccc(C(=O)N(Cc2nccs2)C2CC2)o1. The number of aromatic nitrogens is 1. The van der Waals surface area contributed by atoms with Crippen LogP contribution in [0, 0.1) is 0 Å². The first-order chi connectivity index (χ1) is 9.78. The van der Waals surface area contributed by atoms with Gasteiger partial charge in [-0.05, 0) is 31.2 Å².